The van der Waals surface area contributed by atoms with E-state index in [1.807, 2.05) is 12.1 Å². The van der Waals surface area contributed by atoms with Crippen LogP contribution in [0.2, 0.25) is 0 Å². The summed E-state index contributed by atoms with van der Waals surface area (Å²) >= 11 is 1.74. The summed E-state index contributed by atoms with van der Waals surface area (Å²) in [5, 5.41) is 0. The Labute approximate surface area is 159 Å². The molecule has 2 aliphatic rings. The smallest absolute Gasteiger partial charge is 0.306 e. The zero-order valence-electron chi connectivity index (χ0n) is 14.9. The summed E-state index contributed by atoms with van der Waals surface area (Å²) in [6, 6.07) is 14.1. The quantitative estimate of drug-likeness (QED) is 0.725. The topological polar surface area (TPSA) is 46.6 Å². The monoisotopic (exact) mass is 387 g/mol. The molecule has 0 aliphatic carbocycles. The molecule has 136 valence electrons. The standard InChI is InChI=1S/C20H21NO3S2/c1-21-11-9-15-16(10-12-21)18-13-14(24-26(2,22)23)7-8-20(18)25-19-6-4-3-5-17(15)19/h3-8,13H,9-12H2,1-2H3. The summed E-state index contributed by atoms with van der Waals surface area (Å²) in [6.07, 6.45) is 3.00. The predicted molar refractivity (Wildman–Crippen MR) is 106 cm³/mol. The van der Waals surface area contributed by atoms with Crippen LogP contribution in [0.25, 0.3) is 11.1 Å². The minimum atomic E-state index is -3.54. The van der Waals surface area contributed by atoms with Crippen molar-refractivity contribution in [2.24, 2.45) is 0 Å². The first-order valence-corrected chi connectivity index (χ1v) is 11.3. The third-order valence-electron chi connectivity index (χ3n) is 4.81. The van der Waals surface area contributed by atoms with Crippen LogP contribution < -0.4 is 4.18 Å². The molecule has 0 saturated heterocycles. The number of fused-ring (bicyclic) bond motifs is 4. The predicted octanol–water partition coefficient (Wildman–Crippen LogP) is 4.13. The Morgan fingerprint density at radius 2 is 1.62 bits per heavy atom. The molecule has 26 heavy (non-hydrogen) atoms. The minimum Gasteiger partial charge on any atom is -0.383 e. The fraction of sp³-hybridized carbons (Fsp3) is 0.300. The van der Waals surface area contributed by atoms with Crippen LogP contribution in [0.3, 0.4) is 0 Å². The van der Waals surface area contributed by atoms with Gasteiger partial charge in [-0.15, -0.1) is 0 Å². The molecule has 0 fully saturated rings. The average molecular weight is 388 g/mol. The van der Waals surface area contributed by atoms with Crippen molar-refractivity contribution in [2.75, 3.05) is 26.4 Å². The van der Waals surface area contributed by atoms with E-state index in [2.05, 4.69) is 36.2 Å². The van der Waals surface area contributed by atoms with E-state index in [1.54, 1.807) is 17.8 Å². The van der Waals surface area contributed by atoms with Gasteiger partial charge in [0.15, 0.2) is 0 Å². The molecule has 2 heterocycles. The fourth-order valence-electron chi connectivity index (χ4n) is 3.60. The second-order valence-electron chi connectivity index (χ2n) is 6.80. The fourth-order valence-corrected chi connectivity index (χ4v) is 5.16. The Kier molecular flexibility index (Phi) is 4.59. The molecule has 0 unspecified atom stereocenters. The molecule has 0 spiro atoms. The van der Waals surface area contributed by atoms with Gasteiger partial charge in [0.05, 0.1) is 6.26 Å². The van der Waals surface area contributed by atoms with E-state index < -0.39 is 10.1 Å². The van der Waals surface area contributed by atoms with Gasteiger partial charge in [0, 0.05) is 22.9 Å². The number of hydrogen-bond acceptors (Lipinski definition) is 5. The largest absolute Gasteiger partial charge is 0.383 e. The van der Waals surface area contributed by atoms with Gasteiger partial charge < -0.3 is 9.08 Å². The van der Waals surface area contributed by atoms with Crippen LogP contribution in [0.5, 0.6) is 5.75 Å². The maximum absolute atomic E-state index is 11.5. The van der Waals surface area contributed by atoms with E-state index in [1.165, 1.54) is 21.6 Å². The van der Waals surface area contributed by atoms with Crippen LogP contribution in [-0.2, 0) is 10.1 Å². The second-order valence-corrected chi connectivity index (χ2v) is 9.46. The molecular weight excluding hydrogens is 366 g/mol. The number of nitrogens with zero attached hydrogens (tertiary/aromatic N) is 1. The minimum absolute atomic E-state index is 0.377. The molecule has 2 aromatic rings. The van der Waals surface area contributed by atoms with Gasteiger partial charge in [-0.05, 0) is 66.4 Å². The Morgan fingerprint density at radius 1 is 0.962 bits per heavy atom. The highest BCUT2D eigenvalue weighted by atomic mass is 32.2. The lowest BCUT2D eigenvalue weighted by atomic mass is 9.91. The third-order valence-corrected chi connectivity index (χ3v) is 6.45. The Hall–Kier alpha value is -1.76. The summed E-state index contributed by atoms with van der Waals surface area (Å²) in [7, 11) is -1.39. The summed E-state index contributed by atoms with van der Waals surface area (Å²) in [4.78, 5) is 4.74. The highest BCUT2D eigenvalue weighted by Crippen LogP contribution is 2.47. The lowest BCUT2D eigenvalue weighted by Crippen LogP contribution is -2.19. The molecule has 0 radical (unpaired) electrons. The zero-order valence-corrected chi connectivity index (χ0v) is 16.5. The zero-order chi connectivity index (χ0) is 18.3. The van der Waals surface area contributed by atoms with E-state index in [0.717, 1.165) is 42.6 Å². The van der Waals surface area contributed by atoms with Crippen molar-refractivity contribution < 1.29 is 12.6 Å². The molecule has 0 bridgehead atoms. The Balaban J connectivity index is 1.91. The molecule has 2 aromatic carbocycles. The van der Waals surface area contributed by atoms with Gasteiger partial charge in [-0.25, -0.2) is 0 Å². The Bertz CT molecular complexity index is 996. The van der Waals surface area contributed by atoms with E-state index in [0.29, 0.717) is 5.75 Å². The molecule has 0 N–H and O–H groups in total. The van der Waals surface area contributed by atoms with Crippen molar-refractivity contribution in [2.45, 2.75) is 22.6 Å². The van der Waals surface area contributed by atoms with E-state index in [4.69, 9.17) is 4.18 Å². The first kappa shape index (κ1) is 17.6. The van der Waals surface area contributed by atoms with Gasteiger partial charge in [-0.1, -0.05) is 30.0 Å². The molecular formula is C20H21NO3S2. The van der Waals surface area contributed by atoms with Gasteiger partial charge in [0.1, 0.15) is 5.75 Å². The van der Waals surface area contributed by atoms with Crippen molar-refractivity contribution in [3.05, 3.63) is 53.6 Å². The van der Waals surface area contributed by atoms with Crippen molar-refractivity contribution in [1.82, 2.24) is 4.90 Å². The van der Waals surface area contributed by atoms with Crippen molar-refractivity contribution in [3.63, 3.8) is 0 Å². The average Bonchev–Trinajstić information content (AvgIpc) is 2.84. The summed E-state index contributed by atoms with van der Waals surface area (Å²) in [5.41, 5.74) is 5.07. The van der Waals surface area contributed by atoms with Crippen LogP contribution in [0, 0.1) is 0 Å². The molecule has 0 aromatic heterocycles. The van der Waals surface area contributed by atoms with E-state index in [9.17, 15) is 8.42 Å². The van der Waals surface area contributed by atoms with Crippen LogP contribution in [0.15, 0.2) is 52.3 Å². The van der Waals surface area contributed by atoms with Gasteiger partial charge in [0.25, 0.3) is 0 Å². The molecule has 0 atom stereocenters. The first-order valence-electron chi connectivity index (χ1n) is 8.62. The van der Waals surface area contributed by atoms with E-state index >= 15 is 0 Å². The van der Waals surface area contributed by atoms with Crippen molar-refractivity contribution in [3.8, 4) is 5.75 Å². The van der Waals surface area contributed by atoms with Gasteiger partial charge in [-0.3, -0.25) is 0 Å². The maximum Gasteiger partial charge on any atom is 0.306 e. The third kappa shape index (κ3) is 3.54. The lowest BCUT2D eigenvalue weighted by molar-refractivity contribution is 0.356. The second kappa shape index (κ2) is 6.76. The highest BCUT2D eigenvalue weighted by molar-refractivity contribution is 7.99. The molecule has 4 nitrogen and oxygen atoms in total. The number of hydrogen-bond donors (Lipinski definition) is 0. The highest BCUT2D eigenvalue weighted by Gasteiger charge is 2.25. The van der Waals surface area contributed by atoms with Gasteiger partial charge in [-0.2, -0.15) is 8.42 Å². The molecule has 6 heteroatoms. The first-order chi connectivity index (χ1) is 12.4. The van der Waals surface area contributed by atoms with Crippen LogP contribution in [0.1, 0.15) is 24.0 Å². The number of rotatable bonds is 2. The van der Waals surface area contributed by atoms with Crippen LogP contribution >= 0.6 is 11.8 Å². The lowest BCUT2D eigenvalue weighted by Gasteiger charge is -2.15. The maximum atomic E-state index is 11.5. The van der Waals surface area contributed by atoms with Gasteiger partial charge in [0.2, 0.25) is 0 Å². The number of benzene rings is 2. The SMILES string of the molecule is CN1CCC2=C(CC1)c1cc(OS(C)(=O)=O)ccc1Sc1ccccc12. The van der Waals surface area contributed by atoms with Crippen molar-refractivity contribution in [1.29, 1.82) is 0 Å². The Morgan fingerprint density at radius 3 is 2.35 bits per heavy atom. The van der Waals surface area contributed by atoms with Crippen LogP contribution in [0.4, 0.5) is 0 Å². The molecule has 0 saturated carbocycles. The summed E-state index contributed by atoms with van der Waals surface area (Å²) in [6.45, 7) is 2.01. The normalized spacial score (nSPS) is 17.6. The molecule has 0 amide bonds. The summed E-state index contributed by atoms with van der Waals surface area (Å²) in [5.74, 6) is 0.377. The molecule has 2 aliphatic heterocycles. The van der Waals surface area contributed by atoms with E-state index in [-0.39, 0.29) is 0 Å². The molecule has 4 rings (SSSR count). The van der Waals surface area contributed by atoms with Crippen molar-refractivity contribution >= 4 is 33.0 Å². The van der Waals surface area contributed by atoms with Crippen LogP contribution in [-0.4, -0.2) is 39.7 Å². The summed E-state index contributed by atoms with van der Waals surface area (Å²) < 4.78 is 28.2. The van der Waals surface area contributed by atoms with Gasteiger partial charge >= 0.3 is 10.1 Å².